The van der Waals surface area contributed by atoms with Gasteiger partial charge in [0.05, 0.1) is 10.6 Å². The number of nitrogens with zero attached hydrogens (tertiary/aromatic N) is 1. The van der Waals surface area contributed by atoms with Crippen LogP contribution in [0, 0.1) is 10.1 Å². The van der Waals surface area contributed by atoms with Gasteiger partial charge in [0.25, 0.3) is 5.69 Å². The van der Waals surface area contributed by atoms with Gasteiger partial charge in [-0.3, -0.25) is 15.4 Å². The minimum Gasteiger partial charge on any atom is -0.445 e. The first-order chi connectivity index (χ1) is 25.3. The molecule has 14 heteroatoms. The molecule has 2 heterocycles. The van der Waals surface area contributed by atoms with Gasteiger partial charge in [-0.2, -0.15) is 0 Å². The molecule has 0 saturated heterocycles. The Bertz CT molecular complexity index is 2080. The van der Waals surface area contributed by atoms with Crippen molar-refractivity contribution in [2.24, 2.45) is 0 Å². The number of carbonyl (C=O) groups is 3. The van der Waals surface area contributed by atoms with Gasteiger partial charge in [-0.1, -0.05) is 54.6 Å². The number of ether oxygens (including phenoxy) is 3. The molecule has 14 nitrogen and oxygen atoms in total. The van der Waals surface area contributed by atoms with Gasteiger partial charge in [-0.05, 0) is 53.8 Å². The molecular formula is C38H36N6O8. The molecule has 0 fully saturated rings. The molecule has 52 heavy (non-hydrogen) atoms. The lowest BCUT2D eigenvalue weighted by molar-refractivity contribution is -0.384. The molecule has 0 spiro atoms. The SMILES string of the molecule is O=C(NCCc1c[nH]c2ccccc12)OCc1cccc(COC(=O)NCCc2c[nH]c3ccccc23)c1NC(=O)OCc1ccc([N+](=O)[O-])cc1. The van der Waals surface area contributed by atoms with E-state index in [1.807, 2.05) is 60.9 Å². The van der Waals surface area contributed by atoms with Crippen LogP contribution in [0.1, 0.15) is 27.8 Å². The molecule has 266 valence electrons. The second-order valence-corrected chi connectivity index (χ2v) is 11.8. The number of nitro benzene ring substituents is 1. The largest absolute Gasteiger partial charge is 0.445 e. The zero-order valence-electron chi connectivity index (χ0n) is 28.0. The Kier molecular flexibility index (Phi) is 11.3. The molecular weight excluding hydrogens is 668 g/mol. The number of non-ortho nitro benzene ring substituents is 1. The van der Waals surface area contributed by atoms with Gasteiger partial charge in [-0.25, -0.2) is 14.4 Å². The van der Waals surface area contributed by atoms with Crippen LogP contribution in [0.25, 0.3) is 21.8 Å². The van der Waals surface area contributed by atoms with Gasteiger partial charge in [0.15, 0.2) is 0 Å². The highest BCUT2D eigenvalue weighted by atomic mass is 16.6. The van der Waals surface area contributed by atoms with Gasteiger partial charge >= 0.3 is 18.3 Å². The first-order valence-electron chi connectivity index (χ1n) is 16.5. The van der Waals surface area contributed by atoms with E-state index in [9.17, 15) is 24.5 Å². The van der Waals surface area contributed by atoms with Gasteiger partial charge in [-0.15, -0.1) is 0 Å². The summed E-state index contributed by atoms with van der Waals surface area (Å²) in [5, 5.41) is 21.3. The van der Waals surface area contributed by atoms with E-state index in [4.69, 9.17) is 14.2 Å². The van der Waals surface area contributed by atoms with E-state index < -0.39 is 23.2 Å². The van der Waals surface area contributed by atoms with Crippen LogP contribution in [-0.2, 0) is 46.9 Å². The molecule has 3 amide bonds. The van der Waals surface area contributed by atoms with Crippen LogP contribution >= 0.6 is 0 Å². The van der Waals surface area contributed by atoms with Crippen molar-refractivity contribution in [2.75, 3.05) is 18.4 Å². The van der Waals surface area contributed by atoms with E-state index in [-0.39, 0.29) is 31.2 Å². The van der Waals surface area contributed by atoms with Gasteiger partial charge in [0.2, 0.25) is 0 Å². The summed E-state index contributed by atoms with van der Waals surface area (Å²) in [5.74, 6) is 0. The fraction of sp³-hybridized carbons (Fsp3) is 0.184. The molecule has 0 aliphatic rings. The second-order valence-electron chi connectivity index (χ2n) is 11.8. The van der Waals surface area contributed by atoms with E-state index in [2.05, 4.69) is 25.9 Å². The second kappa shape index (κ2) is 16.7. The summed E-state index contributed by atoms with van der Waals surface area (Å²) in [5.41, 5.74) is 5.70. The van der Waals surface area contributed by atoms with Crippen LogP contribution in [0.15, 0.2) is 103 Å². The Hall–Kier alpha value is -6.83. The summed E-state index contributed by atoms with van der Waals surface area (Å²) >= 11 is 0. The number of anilines is 1. The van der Waals surface area contributed by atoms with Crippen molar-refractivity contribution in [3.05, 3.63) is 141 Å². The number of para-hydroxylation sites is 3. The number of hydrogen-bond acceptors (Lipinski definition) is 8. The fourth-order valence-corrected chi connectivity index (χ4v) is 5.72. The lowest BCUT2D eigenvalue weighted by Crippen LogP contribution is -2.27. The van der Waals surface area contributed by atoms with E-state index in [0.717, 1.165) is 32.9 Å². The zero-order chi connectivity index (χ0) is 36.3. The van der Waals surface area contributed by atoms with Crippen LogP contribution in [-0.4, -0.2) is 46.3 Å². The summed E-state index contributed by atoms with van der Waals surface area (Å²) < 4.78 is 16.3. The van der Waals surface area contributed by atoms with E-state index >= 15 is 0 Å². The van der Waals surface area contributed by atoms with Crippen LogP contribution < -0.4 is 16.0 Å². The molecule has 6 aromatic rings. The molecule has 5 N–H and O–H groups in total. The molecule has 0 unspecified atom stereocenters. The van der Waals surface area contributed by atoms with Crippen molar-refractivity contribution >= 4 is 51.5 Å². The highest BCUT2D eigenvalue weighted by Crippen LogP contribution is 2.25. The van der Waals surface area contributed by atoms with Crippen LogP contribution in [0.4, 0.5) is 25.8 Å². The number of nitrogens with one attached hydrogen (secondary N) is 5. The molecule has 4 aromatic carbocycles. The summed E-state index contributed by atoms with van der Waals surface area (Å²) in [6.07, 6.45) is 2.86. The van der Waals surface area contributed by atoms with Gasteiger partial charge in [0, 0.05) is 70.5 Å². The molecule has 0 bridgehead atoms. The molecule has 0 aliphatic heterocycles. The van der Waals surface area contributed by atoms with E-state index in [0.29, 0.717) is 42.6 Å². The monoisotopic (exact) mass is 704 g/mol. The number of benzene rings is 4. The lowest BCUT2D eigenvalue weighted by Gasteiger charge is -2.17. The average Bonchev–Trinajstić information content (AvgIpc) is 3.77. The van der Waals surface area contributed by atoms with Crippen molar-refractivity contribution in [1.29, 1.82) is 0 Å². The predicted molar refractivity (Wildman–Crippen MR) is 194 cm³/mol. The highest BCUT2D eigenvalue weighted by molar-refractivity contribution is 5.87. The van der Waals surface area contributed by atoms with Crippen molar-refractivity contribution < 1.29 is 33.5 Å². The quantitative estimate of drug-likeness (QED) is 0.0445. The third-order valence-electron chi connectivity index (χ3n) is 8.38. The van der Waals surface area contributed by atoms with E-state index in [1.54, 1.807) is 18.2 Å². The third kappa shape index (κ3) is 9.04. The predicted octanol–water partition coefficient (Wildman–Crippen LogP) is 7.24. The van der Waals surface area contributed by atoms with Crippen molar-refractivity contribution in [3.8, 4) is 0 Å². The summed E-state index contributed by atoms with van der Waals surface area (Å²) in [4.78, 5) is 55.1. The Morgan fingerprint density at radius 3 is 1.62 bits per heavy atom. The Labute approximate surface area is 297 Å². The van der Waals surface area contributed by atoms with Crippen LogP contribution in [0.5, 0.6) is 0 Å². The van der Waals surface area contributed by atoms with Gasteiger partial charge < -0.3 is 34.8 Å². The maximum atomic E-state index is 12.9. The number of H-pyrrole nitrogens is 2. The minimum absolute atomic E-state index is 0.0872. The first kappa shape index (κ1) is 35.0. The number of rotatable bonds is 14. The highest BCUT2D eigenvalue weighted by Gasteiger charge is 2.17. The first-order valence-corrected chi connectivity index (χ1v) is 16.5. The number of aromatic amines is 2. The maximum absolute atomic E-state index is 12.9. The molecule has 6 rings (SSSR count). The molecule has 0 atom stereocenters. The summed E-state index contributed by atoms with van der Waals surface area (Å²) in [6.45, 7) is 0.100. The number of aromatic nitrogens is 2. The zero-order valence-corrected chi connectivity index (χ0v) is 28.0. The van der Waals surface area contributed by atoms with Crippen molar-refractivity contribution in [1.82, 2.24) is 20.6 Å². The maximum Gasteiger partial charge on any atom is 0.411 e. The number of nitro groups is 1. The number of alkyl carbamates (subject to hydrolysis) is 2. The molecule has 0 radical (unpaired) electrons. The minimum atomic E-state index is -0.835. The summed E-state index contributed by atoms with van der Waals surface area (Å²) in [7, 11) is 0. The Balaban J connectivity index is 1.06. The molecule has 0 saturated carbocycles. The molecule has 0 aliphatic carbocycles. The normalized spacial score (nSPS) is 10.8. The number of amides is 3. The van der Waals surface area contributed by atoms with Crippen molar-refractivity contribution in [3.63, 3.8) is 0 Å². The fourth-order valence-electron chi connectivity index (χ4n) is 5.72. The van der Waals surface area contributed by atoms with Crippen LogP contribution in [0.3, 0.4) is 0 Å². The van der Waals surface area contributed by atoms with E-state index in [1.165, 1.54) is 24.3 Å². The standard InChI is InChI=1S/C38H36N6O8/c45-36(39-18-16-26-20-41-33-10-3-1-8-31(26)33)51-23-28-6-5-7-29(35(28)43-38(47)50-22-25-12-14-30(15-13-25)44(48)49)24-52-37(46)40-19-17-27-21-42-34-11-4-2-9-32(27)34/h1-15,20-21,41-42H,16-19,22-24H2,(H,39,45)(H,40,46)(H,43,47). The average molecular weight is 705 g/mol. The Morgan fingerprint density at radius 1 is 0.596 bits per heavy atom. The molecule has 2 aromatic heterocycles. The van der Waals surface area contributed by atoms with Crippen LogP contribution in [0.2, 0.25) is 0 Å². The Morgan fingerprint density at radius 2 is 1.10 bits per heavy atom. The third-order valence-corrected chi connectivity index (χ3v) is 8.38. The van der Waals surface area contributed by atoms with Crippen molar-refractivity contribution in [2.45, 2.75) is 32.7 Å². The van der Waals surface area contributed by atoms with Gasteiger partial charge in [0.1, 0.15) is 19.8 Å². The number of hydrogen-bond donors (Lipinski definition) is 5. The lowest BCUT2D eigenvalue weighted by atomic mass is 10.1. The number of fused-ring (bicyclic) bond motifs is 2. The topological polar surface area (TPSA) is 190 Å². The number of carbonyl (C=O) groups excluding carboxylic acids is 3. The summed E-state index contributed by atoms with van der Waals surface area (Å²) in [6, 6.07) is 26.4. The smallest absolute Gasteiger partial charge is 0.411 e.